The molecule has 2 atom stereocenters. The van der Waals surface area contributed by atoms with Crippen LogP contribution in [0.5, 0.6) is 0 Å². The van der Waals surface area contributed by atoms with Crippen molar-refractivity contribution in [2.24, 2.45) is 0 Å². The molecule has 0 bridgehead atoms. The van der Waals surface area contributed by atoms with Gasteiger partial charge in [-0.15, -0.1) is 0 Å². The highest BCUT2D eigenvalue weighted by Gasteiger charge is 2.43. The molecule has 3 aromatic rings. The molecule has 0 aromatic heterocycles. The average molecular weight is 564 g/mol. The van der Waals surface area contributed by atoms with Crippen LogP contribution in [0.1, 0.15) is 17.2 Å². The van der Waals surface area contributed by atoms with E-state index in [0.29, 0.717) is 15.1 Å². The van der Waals surface area contributed by atoms with E-state index in [2.05, 4.69) is 20.7 Å². The Morgan fingerprint density at radius 3 is 2.50 bits per heavy atom. The number of halogens is 2. The Morgan fingerprint density at radius 2 is 1.79 bits per heavy atom. The van der Waals surface area contributed by atoms with Crippen molar-refractivity contribution in [3.63, 3.8) is 0 Å². The van der Waals surface area contributed by atoms with Gasteiger partial charge in [0, 0.05) is 16.0 Å². The number of sulfonamides is 1. The number of rotatable bonds is 6. The van der Waals surface area contributed by atoms with E-state index >= 15 is 0 Å². The number of amides is 2. The predicted octanol–water partition coefficient (Wildman–Crippen LogP) is 4.08. The van der Waals surface area contributed by atoms with E-state index in [1.54, 1.807) is 54.6 Å². The first-order chi connectivity index (χ1) is 16.2. The van der Waals surface area contributed by atoms with Crippen molar-refractivity contribution >= 4 is 49.4 Å². The number of carbonyl (C=O) groups is 2. The average Bonchev–Trinajstić information content (AvgIpc) is 2.80. The summed E-state index contributed by atoms with van der Waals surface area (Å²) in [5.41, 5.74) is 1.40. The molecule has 7 nitrogen and oxygen atoms in total. The summed E-state index contributed by atoms with van der Waals surface area (Å²) in [6.45, 7) is -0.191. The molecule has 1 heterocycles. The minimum absolute atomic E-state index is 0.0749. The van der Waals surface area contributed by atoms with E-state index in [0.717, 1.165) is 5.56 Å². The van der Waals surface area contributed by atoms with E-state index < -0.39 is 28.1 Å². The zero-order chi connectivity index (χ0) is 24.3. The van der Waals surface area contributed by atoms with Crippen LogP contribution in [0.3, 0.4) is 0 Å². The summed E-state index contributed by atoms with van der Waals surface area (Å²) >= 11 is 9.34. The second kappa shape index (κ2) is 10.3. The van der Waals surface area contributed by atoms with Crippen molar-refractivity contribution in [3.05, 3.63) is 99.5 Å². The van der Waals surface area contributed by atoms with Gasteiger partial charge in [-0.25, -0.2) is 13.1 Å². The maximum absolute atomic E-state index is 13.2. The summed E-state index contributed by atoms with van der Waals surface area (Å²) < 4.78 is 34.0. The molecule has 0 saturated carbocycles. The normalized spacial score (nSPS) is 18.5. The lowest BCUT2D eigenvalue weighted by Crippen LogP contribution is -2.54. The lowest BCUT2D eigenvalue weighted by Gasteiger charge is -2.40. The topological polar surface area (TPSA) is 92.8 Å². The van der Waals surface area contributed by atoms with Crippen LogP contribution in [-0.4, -0.2) is 37.8 Å². The first-order valence-electron chi connectivity index (χ1n) is 10.3. The fraction of sp³-hybridized carbons (Fsp3) is 0.167. The van der Waals surface area contributed by atoms with Gasteiger partial charge in [0.2, 0.25) is 5.91 Å². The Kier molecular flexibility index (Phi) is 7.37. The van der Waals surface area contributed by atoms with Crippen LogP contribution in [0.4, 0.5) is 0 Å². The number of nitrogens with zero attached hydrogens (tertiary/aromatic N) is 1. The quantitative estimate of drug-likeness (QED) is 0.488. The van der Waals surface area contributed by atoms with Crippen molar-refractivity contribution < 1.29 is 22.7 Å². The molecule has 176 valence electrons. The first-order valence-corrected chi connectivity index (χ1v) is 12.9. The number of morpholine rings is 1. The predicted molar refractivity (Wildman–Crippen MR) is 130 cm³/mol. The molecule has 2 amide bonds. The first kappa shape index (κ1) is 24.4. The summed E-state index contributed by atoms with van der Waals surface area (Å²) in [5.74, 6) is -1.19. The maximum Gasteiger partial charge on any atom is 0.265 e. The molecule has 0 aliphatic carbocycles. The van der Waals surface area contributed by atoms with Crippen LogP contribution in [0, 0.1) is 0 Å². The summed E-state index contributed by atoms with van der Waals surface area (Å²) in [7, 11) is -4.16. The fourth-order valence-corrected chi connectivity index (χ4v) is 5.58. The largest absolute Gasteiger partial charge is 0.356 e. The molecule has 34 heavy (non-hydrogen) atoms. The van der Waals surface area contributed by atoms with Crippen LogP contribution in [-0.2, 0) is 30.9 Å². The molecule has 3 aromatic carbocycles. The highest BCUT2D eigenvalue weighted by molar-refractivity contribution is 9.10. The van der Waals surface area contributed by atoms with Crippen molar-refractivity contribution in [2.75, 3.05) is 6.61 Å². The third-order valence-corrected chi connectivity index (χ3v) is 7.38. The zero-order valence-electron chi connectivity index (χ0n) is 17.7. The van der Waals surface area contributed by atoms with E-state index in [9.17, 15) is 18.0 Å². The van der Waals surface area contributed by atoms with Gasteiger partial charge in [-0.3, -0.25) is 9.59 Å². The molecule has 1 aliphatic rings. The van der Waals surface area contributed by atoms with Crippen molar-refractivity contribution in [3.8, 4) is 0 Å². The van der Waals surface area contributed by atoms with E-state index in [-0.39, 0.29) is 24.0 Å². The molecule has 0 unspecified atom stereocenters. The van der Waals surface area contributed by atoms with Gasteiger partial charge in [-0.1, -0.05) is 76.1 Å². The molecule has 4 rings (SSSR count). The summed E-state index contributed by atoms with van der Waals surface area (Å²) in [4.78, 5) is 27.6. The Hall–Kier alpha value is -2.72. The number of hydrogen-bond donors (Lipinski definition) is 1. The minimum atomic E-state index is -4.16. The third-order valence-electron chi connectivity index (χ3n) is 5.31. The van der Waals surface area contributed by atoms with Crippen LogP contribution in [0.25, 0.3) is 0 Å². The van der Waals surface area contributed by atoms with Gasteiger partial charge in [0.15, 0.2) is 6.10 Å². The Balaban J connectivity index is 1.67. The van der Waals surface area contributed by atoms with Crippen molar-refractivity contribution in [1.29, 1.82) is 0 Å². The van der Waals surface area contributed by atoms with E-state index in [1.807, 2.05) is 12.1 Å². The van der Waals surface area contributed by atoms with Gasteiger partial charge in [0.25, 0.3) is 15.9 Å². The van der Waals surface area contributed by atoms with Crippen LogP contribution in [0.15, 0.2) is 88.2 Å². The second-order valence-electron chi connectivity index (χ2n) is 7.67. The third kappa shape index (κ3) is 5.50. The zero-order valence-corrected chi connectivity index (χ0v) is 20.9. The molecule has 0 radical (unpaired) electrons. The van der Waals surface area contributed by atoms with Crippen LogP contribution < -0.4 is 4.72 Å². The lowest BCUT2D eigenvalue weighted by atomic mass is 9.96. The van der Waals surface area contributed by atoms with Gasteiger partial charge in [0.05, 0.1) is 10.9 Å². The van der Waals surface area contributed by atoms with Crippen LogP contribution in [0.2, 0.25) is 5.02 Å². The monoisotopic (exact) mass is 562 g/mol. The van der Waals surface area contributed by atoms with Gasteiger partial charge in [0.1, 0.15) is 6.61 Å². The smallest absolute Gasteiger partial charge is 0.265 e. The Morgan fingerprint density at radius 1 is 1.06 bits per heavy atom. The number of benzene rings is 3. The van der Waals surface area contributed by atoms with Crippen molar-refractivity contribution in [1.82, 2.24) is 9.62 Å². The summed E-state index contributed by atoms with van der Waals surface area (Å²) in [5, 5.41) is 0.517. The molecule has 1 fully saturated rings. The molecule has 10 heteroatoms. The second-order valence-corrected chi connectivity index (χ2v) is 10.7. The highest BCUT2D eigenvalue weighted by atomic mass is 79.9. The minimum Gasteiger partial charge on any atom is -0.356 e. The molecular formula is C24H20BrClN2O5S. The Bertz CT molecular complexity index is 1320. The molecular weight excluding hydrogens is 544 g/mol. The summed E-state index contributed by atoms with van der Waals surface area (Å²) in [6, 6.07) is 21.1. The highest BCUT2D eigenvalue weighted by Crippen LogP contribution is 2.32. The summed E-state index contributed by atoms with van der Waals surface area (Å²) in [6.07, 6.45) is -1.25. The van der Waals surface area contributed by atoms with Crippen LogP contribution >= 0.6 is 27.5 Å². The van der Waals surface area contributed by atoms with Crippen molar-refractivity contribution in [2.45, 2.75) is 23.6 Å². The number of hydrogen-bond acceptors (Lipinski definition) is 5. The number of nitrogens with one attached hydrogen (secondary N) is 1. The fourth-order valence-electron chi connectivity index (χ4n) is 3.78. The SMILES string of the molecule is O=C(NS(=O)(=O)c1cccc(Br)c1)[C@@H]1OCC(=O)N(Cc2cccc(Cl)c2)[C@@H]1c1ccccc1. The van der Waals surface area contributed by atoms with E-state index in [4.69, 9.17) is 16.3 Å². The van der Waals surface area contributed by atoms with Gasteiger partial charge >= 0.3 is 0 Å². The molecule has 1 saturated heterocycles. The van der Waals surface area contributed by atoms with Gasteiger partial charge < -0.3 is 9.64 Å². The lowest BCUT2D eigenvalue weighted by molar-refractivity contribution is -0.164. The number of ether oxygens (including phenoxy) is 1. The molecule has 0 spiro atoms. The van der Waals surface area contributed by atoms with Gasteiger partial charge in [-0.2, -0.15) is 0 Å². The molecule has 1 N–H and O–H groups in total. The Labute approximate surface area is 210 Å². The maximum atomic E-state index is 13.2. The standard InChI is InChI=1S/C24H20BrClN2O5S/c25-18-9-5-11-20(13-18)34(31,32)27-24(30)23-22(17-7-2-1-3-8-17)28(21(29)15-33-23)14-16-6-4-10-19(26)12-16/h1-13,22-23H,14-15H2,(H,27,30)/t22-,23-/m1/s1. The van der Waals surface area contributed by atoms with Gasteiger partial charge in [-0.05, 0) is 41.5 Å². The number of carbonyl (C=O) groups excluding carboxylic acids is 2. The molecule has 1 aliphatic heterocycles. The van der Waals surface area contributed by atoms with E-state index in [1.165, 1.54) is 17.0 Å².